The van der Waals surface area contributed by atoms with Crippen molar-refractivity contribution in [2.24, 2.45) is 4.99 Å². The van der Waals surface area contributed by atoms with E-state index in [1.165, 1.54) is 0 Å². The molecule has 3 heterocycles. The van der Waals surface area contributed by atoms with E-state index in [4.69, 9.17) is 0 Å². The van der Waals surface area contributed by atoms with E-state index in [0.29, 0.717) is 5.82 Å². The molecule has 17 heavy (non-hydrogen) atoms. The van der Waals surface area contributed by atoms with Crippen LogP contribution in [0.3, 0.4) is 0 Å². The summed E-state index contributed by atoms with van der Waals surface area (Å²) in [6.45, 7) is 7.41. The number of amidine groups is 1. The highest BCUT2D eigenvalue weighted by molar-refractivity contribution is 6.04. The van der Waals surface area contributed by atoms with Gasteiger partial charge in [0.25, 0.3) is 0 Å². The van der Waals surface area contributed by atoms with Crippen molar-refractivity contribution in [2.75, 3.05) is 13.1 Å². The number of nitrogens with zero attached hydrogens (tertiary/aromatic N) is 4. The summed E-state index contributed by atoms with van der Waals surface area (Å²) in [7, 11) is 0. The summed E-state index contributed by atoms with van der Waals surface area (Å²) in [4.78, 5) is 8.87. The smallest absolute Gasteiger partial charge is 0.174 e. The second-order valence-electron chi connectivity index (χ2n) is 3.96. The average Bonchev–Trinajstić information content (AvgIpc) is 2.98. The average molecular weight is 227 g/mol. The molecule has 0 bridgehead atoms. The summed E-state index contributed by atoms with van der Waals surface area (Å²) in [6.07, 6.45) is 1.65. The molecule has 5 nitrogen and oxygen atoms in total. The number of aryl methyl sites for hydroxylation is 1. The molecule has 2 aromatic rings. The standard InChI is InChI=1S/C12H13N5/c1-3-10-15-12-9(11-13-6-7-14-11)5-4-8(2)17(12)16-10/h3-5H,1,6-7H2,2H3,(H,13,14). The van der Waals surface area contributed by atoms with Crippen molar-refractivity contribution in [3.8, 4) is 0 Å². The third kappa shape index (κ3) is 1.51. The Kier molecular flexibility index (Phi) is 2.18. The lowest BCUT2D eigenvalue weighted by Crippen LogP contribution is -2.20. The molecular formula is C12H13N5. The summed E-state index contributed by atoms with van der Waals surface area (Å²) in [5.74, 6) is 1.54. The van der Waals surface area contributed by atoms with Crippen LogP contribution in [0.25, 0.3) is 11.7 Å². The van der Waals surface area contributed by atoms with Gasteiger partial charge in [-0.3, -0.25) is 4.99 Å². The predicted molar refractivity (Wildman–Crippen MR) is 67.2 cm³/mol. The minimum absolute atomic E-state index is 0.638. The van der Waals surface area contributed by atoms with Crippen molar-refractivity contribution in [1.29, 1.82) is 0 Å². The van der Waals surface area contributed by atoms with E-state index in [2.05, 4.69) is 27.0 Å². The van der Waals surface area contributed by atoms with Crippen molar-refractivity contribution >= 4 is 17.6 Å². The lowest BCUT2D eigenvalue weighted by molar-refractivity contribution is 0.906. The van der Waals surface area contributed by atoms with Crippen molar-refractivity contribution in [3.05, 3.63) is 35.8 Å². The topological polar surface area (TPSA) is 54.6 Å². The third-order valence-electron chi connectivity index (χ3n) is 2.80. The number of hydrogen-bond donors (Lipinski definition) is 1. The molecule has 5 heteroatoms. The van der Waals surface area contributed by atoms with E-state index in [9.17, 15) is 0 Å². The molecule has 1 N–H and O–H groups in total. The Labute approximate surface area is 98.9 Å². The number of hydrogen-bond acceptors (Lipinski definition) is 4. The van der Waals surface area contributed by atoms with Gasteiger partial charge in [0.2, 0.25) is 0 Å². The van der Waals surface area contributed by atoms with Gasteiger partial charge < -0.3 is 5.32 Å². The van der Waals surface area contributed by atoms with Gasteiger partial charge in [0, 0.05) is 12.2 Å². The van der Waals surface area contributed by atoms with Gasteiger partial charge in [-0.15, -0.1) is 5.10 Å². The zero-order chi connectivity index (χ0) is 11.8. The fraction of sp³-hybridized carbons (Fsp3) is 0.250. The number of aliphatic imine (C=N–C) groups is 1. The molecule has 86 valence electrons. The maximum Gasteiger partial charge on any atom is 0.174 e. The van der Waals surface area contributed by atoms with Crippen LogP contribution < -0.4 is 5.32 Å². The normalized spacial score (nSPS) is 14.8. The summed E-state index contributed by atoms with van der Waals surface area (Å²) in [5, 5.41) is 7.62. The van der Waals surface area contributed by atoms with Crippen LogP contribution in [-0.4, -0.2) is 33.5 Å². The zero-order valence-electron chi connectivity index (χ0n) is 9.64. The lowest BCUT2D eigenvalue weighted by atomic mass is 10.2. The van der Waals surface area contributed by atoms with E-state index in [0.717, 1.165) is 35.8 Å². The molecule has 0 amide bonds. The second kappa shape index (κ2) is 3.69. The molecule has 0 saturated heterocycles. The van der Waals surface area contributed by atoms with Crippen molar-refractivity contribution in [3.63, 3.8) is 0 Å². The molecule has 1 aliphatic rings. The van der Waals surface area contributed by atoms with Gasteiger partial charge in [0.1, 0.15) is 5.84 Å². The van der Waals surface area contributed by atoms with Crippen molar-refractivity contribution in [1.82, 2.24) is 19.9 Å². The number of fused-ring (bicyclic) bond motifs is 1. The Bertz CT molecular complexity index is 623. The third-order valence-corrected chi connectivity index (χ3v) is 2.80. The first-order valence-electron chi connectivity index (χ1n) is 5.57. The van der Waals surface area contributed by atoms with E-state index < -0.39 is 0 Å². The van der Waals surface area contributed by atoms with Crippen molar-refractivity contribution < 1.29 is 0 Å². The van der Waals surface area contributed by atoms with Crippen LogP contribution in [0.2, 0.25) is 0 Å². The van der Waals surface area contributed by atoms with Gasteiger partial charge in [0.15, 0.2) is 11.5 Å². The number of nitrogens with one attached hydrogen (secondary N) is 1. The van der Waals surface area contributed by atoms with Crippen LogP contribution in [0.15, 0.2) is 23.7 Å². The molecule has 2 aromatic heterocycles. The Morgan fingerprint density at radius 3 is 3.06 bits per heavy atom. The van der Waals surface area contributed by atoms with E-state index in [-0.39, 0.29) is 0 Å². The van der Waals surface area contributed by atoms with Gasteiger partial charge in [-0.2, -0.15) is 0 Å². The molecule has 0 spiro atoms. The van der Waals surface area contributed by atoms with Crippen LogP contribution in [0.4, 0.5) is 0 Å². The summed E-state index contributed by atoms with van der Waals surface area (Å²) in [6, 6.07) is 4.05. The van der Waals surface area contributed by atoms with Crippen LogP contribution in [0, 0.1) is 6.92 Å². The van der Waals surface area contributed by atoms with Crippen LogP contribution >= 0.6 is 0 Å². The highest BCUT2D eigenvalue weighted by Crippen LogP contribution is 2.14. The molecule has 0 saturated carbocycles. The van der Waals surface area contributed by atoms with E-state index in [1.807, 2.05) is 23.6 Å². The molecule has 0 unspecified atom stereocenters. The van der Waals surface area contributed by atoms with Gasteiger partial charge in [0.05, 0.1) is 12.1 Å². The van der Waals surface area contributed by atoms with E-state index in [1.54, 1.807) is 6.08 Å². The number of pyridine rings is 1. The molecule has 1 aliphatic heterocycles. The first-order valence-corrected chi connectivity index (χ1v) is 5.57. The quantitative estimate of drug-likeness (QED) is 0.833. The Balaban J connectivity index is 2.28. The number of rotatable bonds is 2. The molecule has 0 aliphatic carbocycles. The lowest BCUT2D eigenvalue weighted by Gasteiger charge is -2.05. The minimum Gasteiger partial charge on any atom is -0.368 e. The summed E-state index contributed by atoms with van der Waals surface area (Å²) >= 11 is 0. The predicted octanol–water partition coefficient (Wildman–Crippen LogP) is 1.03. The Morgan fingerprint density at radius 1 is 1.47 bits per heavy atom. The van der Waals surface area contributed by atoms with Crippen LogP contribution in [0.1, 0.15) is 17.1 Å². The molecule has 0 fully saturated rings. The summed E-state index contributed by atoms with van der Waals surface area (Å²) < 4.78 is 1.83. The number of aromatic nitrogens is 3. The van der Waals surface area contributed by atoms with Gasteiger partial charge in [-0.1, -0.05) is 6.58 Å². The maximum absolute atomic E-state index is 4.45. The zero-order valence-corrected chi connectivity index (χ0v) is 9.64. The molecule has 0 radical (unpaired) electrons. The maximum atomic E-state index is 4.45. The van der Waals surface area contributed by atoms with Crippen LogP contribution in [0.5, 0.6) is 0 Å². The van der Waals surface area contributed by atoms with Gasteiger partial charge >= 0.3 is 0 Å². The first-order chi connectivity index (χ1) is 8.29. The van der Waals surface area contributed by atoms with Gasteiger partial charge in [-0.05, 0) is 25.1 Å². The van der Waals surface area contributed by atoms with Gasteiger partial charge in [-0.25, -0.2) is 9.50 Å². The monoisotopic (exact) mass is 227 g/mol. The largest absolute Gasteiger partial charge is 0.368 e. The molecule has 3 rings (SSSR count). The summed E-state index contributed by atoms with van der Waals surface area (Å²) in [5.41, 5.74) is 2.87. The second-order valence-corrected chi connectivity index (χ2v) is 3.96. The molecule has 0 aromatic carbocycles. The highest BCUT2D eigenvalue weighted by atomic mass is 15.3. The Morgan fingerprint density at radius 2 is 2.35 bits per heavy atom. The Hall–Kier alpha value is -2.17. The SMILES string of the molecule is C=Cc1nc2c(C3=NCCN3)ccc(C)n2n1. The fourth-order valence-corrected chi connectivity index (χ4v) is 1.95. The molecular weight excluding hydrogens is 214 g/mol. The molecule has 0 atom stereocenters. The van der Waals surface area contributed by atoms with Crippen molar-refractivity contribution in [2.45, 2.75) is 6.92 Å². The van der Waals surface area contributed by atoms with Crippen LogP contribution in [-0.2, 0) is 0 Å². The first kappa shape index (κ1) is 10.0. The fourth-order valence-electron chi connectivity index (χ4n) is 1.95. The highest BCUT2D eigenvalue weighted by Gasteiger charge is 2.15. The van der Waals surface area contributed by atoms with E-state index >= 15 is 0 Å². The minimum atomic E-state index is 0.638.